The molecule has 2 rings (SSSR count). The van der Waals surface area contributed by atoms with Gasteiger partial charge in [-0.25, -0.2) is 4.98 Å². The molecule has 0 aliphatic rings. The predicted octanol–water partition coefficient (Wildman–Crippen LogP) is 4.53. The number of halogens is 1. The van der Waals surface area contributed by atoms with Crippen LogP contribution < -0.4 is 10.1 Å². The molecule has 2 aromatic rings. The number of nitrogens with one attached hydrogen (secondary N) is 1. The van der Waals surface area contributed by atoms with Gasteiger partial charge < -0.3 is 10.1 Å². The zero-order chi connectivity index (χ0) is 15.2. The van der Waals surface area contributed by atoms with Crippen molar-refractivity contribution in [2.75, 3.05) is 6.54 Å². The van der Waals surface area contributed by atoms with Crippen LogP contribution in [0.25, 0.3) is 0 Å². The predicted molar refractivity (Wildman–Crippen MR) is 94.8 cm³/mol. The molecule has 0 atom stereocenters. The van der Waals surface area contributed by atoms with Gasteiger partial charge in [0.1, 0.15) is 5.75 Å². The van der Waals surface area contributed by atoms with Crippen LogP contribution in [0.2, 0.25) is 0 Å². The lowest BCUT2D eigenvalue weighted by Gasteiger charge is -2.11. The van der Waals surface area contributed by atoms with E-state index in [-0.39, 0.29) is 0 Å². The van der Waals surface area contributed by atoms with Crippen molar-refractivity contribution < 1.29 is 4.74 Å². The van der Waals surface area contributed by atoms with Crippen molar-refractivity contribution in [3.8, 4) is 11.6 Å². The lowest BCUT2D eigenvalue weighted by Crippen LogP contribution is -2.19. The van der Waals surface area contributed by atoms with E-state index in [1.165, 1.54) is 5.56 Å². The number of hydrogen-bond donors (Lipinski definition) is 1. The van der Waals surface area contributed by atoms with Gasteiger partial charge in [-0.2, -0.15) is 0 Å². The Morgan fingerprint density at radius 2 is 2.10 bits per heavy atom. The Kier molecular flexibility index (Phi) is 5.99. The highest BCUT2D eigenvalue weighted by Gasteiger charge is 2.05. The summed E-state index contributed by atoms with van der Waals surface area (Å²) in [6, 6.07) is 10.1. The Hall–Kier alpha value is -1.14. The van der Waals surface area contributed by atoms with Gasteiger partial charge >= 0.3 is 0 Å². The zero-order valence-corrected chi connectivity index (χ0v) is 14.8. The lowest BCUT2D eigenvalue weighted by atomic mass is 10.2. The average Bonchev–Trinajstić information content (AvgIpc) is 2.41. The van der Waals surface area contributed by atoms with E-state index < -0.39 is 0 Å². The van der Waals surface area contributed by atoms with Gasteiger partial charge in [0.2, 0.25) is 5.88 Å². The molecule has 0 unspecified atom stereocenters. The molecule has 0 bridgehead atoms. The molecule has 112 valence electrons. The second-order valence-electron chi connectivity index (χ2n) is 5.55. The van der Waals surface area contributed by atoms with Gasteiger partial charge in [0.15, 0.2) is 0 Å². The normalized spacial score (nSPS) is 10.9. The molecule has 0 fully saturated rings. The van der Waals surface area contributed by atoms with Crippen LogP contribution in [0.15, 0.2) is 36.5 Å². The first-order valence-corrected chi connectivity index (χ1v) is 8.22. The van der Waals surface area contributed by atoms with Gasteiger partial charge in [0, 0.05) is 21.9 Å². The van der Waals surface area contributed by atoms with Crippen LogP contribution in [0.3, 0.4) is 0 Å². The van der Waals surface area contributed by atoms with Crippen molar-refractivity contribution in [3.05, 3.63) is 51.2 Å². The highest BCUT2D eigenvalue weighted by atomic mass is 127. The largest absolute Gasteiger partial charge is 0.439 e. The minimum Gasteiger partial charge on any atom is -0.439 e. The summed E-state index contributed by atoms with van der Waals surface area (Å²) in [7, 11) is 0. The fourth-order valence-electron chi connectivity index (χ4n) is 1.97. The van der Waals surface area contributed by atoms with Crippen LogP contribution in [0, 0.1) is 16.4 Å². The van der Waals surface area contributed by atoms with Gasteiger partial charge in [-0.1, -0.05) is 19.9 Å². The maximum atomic E-state index is 5.85. The van der Waals surface area contributed by atoms with Crippen LogP contribution >= 0.6 is 22.6 Å². The number of aryl methyl sites for hydroxylation is 1. The second kappa shape index (κ2) is 7.75. The Labute approximate surface area is 140 Å². The Bertz CT molecular complexity index is 599. The van der Waals surface area contributed by atoms with E-state index in [1.54, 1.807) is 0 Å². The minimum absolute atomic E-state index is 0.655. The number of rotatable bonds is 6. The molecule has 0 saturated heterocycles. The summed E-state index contributed by atoms with van der Waals surface area (Å²) < 4.78 is 7.00. The summed E-state index contributed by atoms with van der Waals surface area (Å²) in [5, 5.41) is 3.42. The standard InChI is InChI=1S/C17H21IN2O/c1-12(2)9-19-10-14-7-13(3)17(20-11-14)21-16-6-4-5-15(18)8-16/h4-8,11-12,19H,9-10H2,1-3H3. The summed E-state index contributed by atoms with van der Waals surface area (Å²) in [5.74, 6) is 2.15. The van der Waals surface area contributed by atoms with Crippen LogP contribution in [-0.2, 0) is 6.54 Å². The molecular weight excluding hydrogens is 375 g/mol. The molecule has 0 saturated carbocycles. The fourth-order valence-corrected chi connectivity index (χ4v) is 2.49. The van der Waals surface area contributed by atoms with E-state index in [2.05, 4.69) is 52.8 Å². The lowest BCUT2D eigenvalue weighted by molar-refractivity contribution is 0.457. The molecule has 1 aromatic carbocycles. The monoisotopic (exact) mass is 396 g/mol. The van der Waals surface area contributed by atoms with E-state index >= 15 is 0 Å². The van der Waals surface area contributed by atoms with Crippen molar-refractivity contribution in [2.24, 2.45) is 5.92 Å². The maximum absolute atomic E-state index is 5.85. The minimum atomic E-state index is 0.655. The number of benzene rings is 1. The van der Waals surface area contributed by atoms with Crippen molar-refractivity contribution in [2.45, 2.75) is 27.3 Å². The topological polar surface area (TPSA) is 34.2 Å². The molecule has 0 spiro atoms. The van der Waals surface area contributed by atoms with Crippen LogP contribution in [0.1, 0.15) is 25.0 Å². The van der Waals surface area contributed by atoms with Gasteiger partial charge in [-0.05, 0) is 71.8 Å². The highest BCUT2D eigenvalue weighted by molar-refractivity contribution is 14.1. The molecule has 1 heterocycles. The molecule has 21 heavy (non-hydrogen) atoms. The van der Waals surface area contributed by atoms with Gasteiger partial charge in [0.25, 0.3) is 0 Å². The van der Waals surface area contributed by atoms with Crippen molar-refractivity contribution in [1.82, 2.24) is 10.3 Å². The maximum Gasteiger partial charge on any atom is 0.222 e. The molecule has 3 nitrogen and oxygen atoms in total. The molecule has 4 heteroatoms. The summed E-state index contributed by atoms with van der Waals surface area (Å²) in [6.07, 6.45) is 1.88. The van der Waals surface area contributed by atoms with Crippen molar-refractivity contribution >= 4 is 22.6 Å². The number of ether oxygens (including phenoxy) is 1. The molecule has 0 aliphatic heterocycles. The molecule has 0 radical (unpaired) electrons. The molecule has 1 aromatic heterocycles. The number of aromatic nitrogens is 1. The van der Waals surface area contributed by atoms with Gasteiger partial charge in [-0.15, -0.1) is 0 Å². The van der Waals surface area contributed by atoms with E-state index in [9.17, 15) is 0 Å². The first-order valence-electron chi connectivity index (χ1n) is 7.14. The average molecular weight is 396 g/mol. The number of hydrogen-bond acceptors (Lipinski definition) is 3. The van der Waals surface area contributed by atoms with Gasteiger partial charge in [-0.3, -0.25) is 0 Å². The Morgan fingerprint density at radius 1 is 1.29 bits per heavy atom. The third-order valence-electron chi connectivity index (χ3n) is 2.98. The van der Waals surface area contributed by atoms with E-state index in [0.717, 1.165) is 28.0 Å². The smallest absolute Gasteiger partial charge is 0.222 e. The van der Waals surface area contributed by atoms with Crippen molar-refractivity contribution in [3.63, 3.8) is 0 Å². The van der Waals surface area contributed by atoms with E-state index in [0.29, 0.717) is 11.8 Å². The van der Waals surface area contributed by atoms with Crippen molar-refractivity contribution in [1.29, 1.82) is 0 Å². The number of pyridine rings is 1. The second-order valence-corrected chi connectivity index (χ2v) is 6.80. The number of nitrogens with zero attached hydrogens (tertiary/aromatic N) is 1. The van der Waals surface area contributed by atoms with Gasteiger partial charge in [0.05, 0.1) is 0 Å². The molecular formula is C17H21IN2O. The quantitative estimate of drug-likeness (QED) is 0.729. The molecule has 0 aliphatic carbocycles. The molecule has 1 N–H and O–H groups in total. The molecule has 0 amide bonds. The highest BCUT2D eigenvalue weighted by Crippen LogP contribution is 2.24. The fraction of sp³-hybridized carbons (Fsp3) is 0.353. The summed E-state index contributed by atoms with van der Waals surface area (Å²) in [6.45, 7) is 8.29. The Balaban J connectivity index is 2.02. The third-order valence-corrected chi connectivity index (χ3v) is 3.65. The third kappa shape index (κ3) is 5.28. The van der Waals surface area contributed by atoms with E-state index in [1.807, 2.05) is 37.4 Å². The first kappa shape index (κ1) is 16.2. The van der Waals surface area contributed by atoms with E-state index in [4.69, 9.17) is 4.74 Å². The zero-order valence-electron chi connectivity index (χ0n) is 12.7. The Morgan fingerprint density at radius 3 is 2.76 bits per heavy atom. The summed E-state index contributed by atoms with van der Waals surface area (Å²) in [5.41, 5.74) is 2.24. The van der Waals surface area contributed by atoms with Crippen LogP contribution in [0.4, 0.5) is 0 Å². The van der Waals surface area contributed by atoms with Crippen LogP contribution in [0.5, 0.6) is 11.6 Å². The van der Waals surface area contributed by atoms with Crippen LogP contribution in [-0.4, -0.2) is 11.5 Å². The first-order chi connectivity index (χ1) is 10.0. The summed E-state index contributed by atoms with van der Waals surface area (Å²) >= 11 is 2.27. The SMILES string of the molecule is Cc1cc(CNCC(C)C)cnc1Oc1cccc(I)c1. The summed E-state index contributed by atoms with van der Waals surface area (Å²) in [4.78, 5) is 4.44.